The van der Waals surface area contributed by atoms with E-state index < -0.39 is 38.5 Å². The van der Waals surface area contributed by atoms with E-state index in [1.165, 1.54) is 37.6 Å². The Morgan fingerprint density at radius 1 is 0.951 bits per heavy atom. The van der Waals surface area contributed by atoms with Crippen molar-refractivity contribution in [1.29, 1.82) is 0 Å². The Bertz CT molecular complexity index is 1610. The molecule has 3 aromatic carbocycles. The van der Waals surface area contributed by atoms with Crippen LogP contribution in [0.25, 0.3) is 0 Å². The number of nitrogens with one attached hydrogen (secondary N) is 1. The number of rotatable bonds is 11. The van der Waals surface area contributed by atoms with Gasteiger partial charge in [0.25, 0.3) is 5.91 Å². The lowest BCUT2D eigenvalue weighted by molar-refractivity contribution is -0.125. The molecule has 0 saturated carbocycles. The van der Waals surface area contributed by atoms with E-state index in [1.807, 2.05) is 0 Å². The van der Waals surface area contributed by atoms with Crippen LogP contribution in [-0.2, 0) is 24.8 Å². The largest absolute Gasteiger partial charge is 0.493 e. The molecule has 1 aliphatic heterocycles. The van der Waals surface area contributed by atoms with Crippen LogP contribution in [0.15, 0.2) is 106 Å². The molecule has 0 spiro atoms. The molecule has 4 rings (SSSR count). The van der Waals surface area contributed by atoms with Crippen LogP contribution in [0.5, 0.6) is 11.5 Å². The van der Waals surface area contributed by atoms with Gasteiger partial charge in [-0.25, -0.2) is 22.3 Å². The number of methoxy groups -OCH3 is 1. The van der Waals surface area contributed by atoms with Gasteiger partial charge in [0.1, 0.15) is 12.6 Å². The first kappa shape index (κ1) is 29.9. The van der Waals surface area contributed by atoms with Crippen molar-refractivity contribution in [3.05, 3.63) is 97.1 Å². The van der Waals surface area contributed by atoms with E-state index in [2.05, 4.69) is 17.1 Å². The molecule has 216 valence electrons. The summed E-state index contributed by atoms with van der Waals surface area (Å²) in [7, 11) is -6.62. The van der Waals surface area contributed by atoms with Crippen molar-refractivity contribution in [2.45, 2.75) is 15.8 Å². The molecule has 1 saturated heterocycles. The summed E-state index contributed by atoms with van der Waals surface area (Å²) in [6, 6.07) is 19.1. The van der Waals surface area contributed by atoms with E-state index in [0.29, 0.717) is 23.7 Å². The Kier molecular flexibility index (Phi) is 9.55. The van der Waals surface area contributed by atoms with Gasteiger partial charge in [-0.05, 0) is 48.0 Å². The van der Waals surface area contributed by atoms with Crippen LogP contribution in [0.4, 0.5) is 0 Å². The van der Waals surface area contributed by atoms with Crippen molar-refractivity contribution in [2.24, 2.45) is 5.10 Å². The summed E-state index contributed by atoms with van der Waals surface area (Å²) < 4.78 is 66.6. The third kappa shape index (κ3) is 6.82. The summed E-state index contributed by atoms with van der Waals surface area (Å²) in [6.07, 6.45) is 2.96. The Morgan fingerprint density at radius 3 is 2.20 bits per heavy atom. The lowest BCUT2D eigenvalue weighted by atomic mass is 10.2. The zero-order valence-electron chi connectivity index (χ0n) is 22.3. The predicted octanol–water partition coefficient (Wildman–Crippen LogP) is 2.47. The Labute approximate surface area is 239 Å². The Hall–Kier alpha value is -4.04. The molecule has 41 heavy (non-hydrogen) atoms. The van der Waals surface area contributed by atoms with E-state index in [0.717, 1.165) is 8.61 Å². The molecule has 3 aromatic rings. The smallest absolute Gasteiger partial charge is 0.259 e. The molecule has 0 bridgehead atoms. The highest BCUT2D eigenvalue weighted by atomic mass is 32.2. The number of benzene rings is 3. The Balaban J connectivity index is 1.59. The summed E-state index contributed by atoms with van der Waals surface area (Å²) in [5.41, 5.74) is 2.94. The van der Waals surface area contributed by atoms with Gasteiger partial charge in [0, 0.05) is 19.6 Å². The molecule has 1 N–H and O–H groups in total. The van der Waals surface area contributed by atoms with E-state index in [-0.39, 0.29) is 22.9 Å². The van der Waals surface area contributed by atoms with Crippen LogP contribution in [0.1, 0.15) is 5.56 Å². The first-order valence-electron chi connectivity index (χ1n) is 12.5. The number of ether oxygens (including phenoxy) is 2. The zero-order chi connectivity index (χ0) is 29.5. The molecular weight excluding hydrogens is 568 g/mol. The molecule has 1 atom stereocenters. The third-order valence-corrected chi connectivity index (χ3v) is 10.1. The highest BCUT2D eigenvalue weighted by Crippen LogP contribution is 2.28. The van der Waals surface area contributed by atoms with Crippen LogP contribution < -0.4 is 14.9 Å². The minimum atomic E-state index is -4.13. The number of sulfonamides is 2. The number of hydrazone groups is 1. The lowest BCUT2D eigenvalue weighted by Crippen LogP contribution is -2.60. The van der Waals surface area contributed by atoms with Crippen LogP contribution in [-0.4, -0.2) is 77.0 Å². The van der Waals surface area contributed by atoms with Gasteiger partial charge in [0.15, 0.2) is 11.5 Å². The molecule has 0 aromatic heterocycles. The molecule has 13 heteroatoms. The number of hydrogen-bond acceptors (Lipinski definition) is 8. The fraction of sp³-hybridized carbons (Fsp3) is 0.214. The van der Waals surface area contributed by atoms with E-state index in [4.69, 9.17) is 9.47 Å². The third-order valence-electron chi connectivity index (χ3n) is 6.26. The van der Waals surface area contributed by atoms with Crippen molar-refractivity contribution in [3.8, 4) is 11.5 Å². The molecule has 1 heterocycles. The summed E-state index contributed by atoms with van der Waals surface area (Å²) in [5.74, 6) is 0.153. The van der Waals surface area contributed by atoms with Gasteiger partial charge in [-0.1, -0.05) is 49.1 Å². The second kappa shape index (κ2) is 13.1. The van der Waals surface area contributed by atoms with Crippen molar-refractivity contribution in [1.82, 2.24) is 14.0 Å². The van der Waals surface area contributed by atoms with E-state index in [9.17, 15) is 21.6 Å². The molecule has 0 radical (unpaired) electrons. The number of hydrogen-bond donors (Lipinski definition) is 1. The van der Waals surface area contributed by atoms with Crippen molar-refractivity contribution in [3.63, 3.8) is 0 Å². The minimum absolute atomic E-state index is 0.00785. The van der Waals surface area contributed by atoms with Crippen LogP contribution in [0, 0.1) is 0 Å². The zero-order valence-corrected chi connectivity index (χ0v) is 23.9. The number of amides is 1. The maximum Gasteiger partial charge on any atom is 0.259 e. The monoisotopic (exact) mass is 598 g/mol. The SMILES string of the molecule is C=CCOc1ccc(/C=N\NC(=O)[C@@H]2CN(S(=O)(=O)c3ccccc3)CCN2S(=O)(=O)c2ccccc2)cc1OC. The van der Waals surface area contributed by atoms with Gasteiger partial charge < -0.3 is 9.47 Å². The number of carbonyl (C=O) groups is 1. The fourth-order valence-electron chi connectivity index (χ4n) is 4.21. The van der Waals surface area contributed by atoms with Gasteiger partial charge in [-0.15, -0.1) is 0 Å². The average molecular weight is 599 g/mol. The summed E-state index contributed by atoms with van der Waals surface area (Å²) >= 11 is 0. The number of piperazine rings is 1. The molecule has 0 unspecified atom stereocenters. The van der Waals surface area contributed by atoms with Gasteiger partial charge >= 0.3 is 0 Å². The fourth-order valence-corrected chi connectivity index (χ4v) is 7.26. The first-order chi connectivity index (χ1) is 19.7. The second-order valence-electron chi connectivity index (χ2n) is 8.86. The maximum absolute atomic E-state index is 13.5. The van der Waals surface area contributed by atoms with Crippen molar-refractivity contribution in [2.75, 3.05) is 33.4 Å². The minimum Gasteiger partial charge on any atom is -0.493 e. The number of carbonyl (C=O) groups excluding carboxylic acids is 1. The van der Waals surface area contributed by atoms with E-state index in [1.54, 1.807) is 60.7 Å². The summed E-state index contributed by atoms with van der Waals surface area (Å²) in [4.78, 5) is 13.4. The van der Waals surface area contributed by atoms with Crippen LogP contribution in [0.2, 0.25) is 0 Å². The maximum atomic E-state index is 13.5. The van der Waals surface area contributed by atoms with Gasteiger partial charge in [-0.2, -0.15) is 13.7 Å². The quantitative estimate of drug-likeness (QED) is 0.204. The van der Waals surface area contributed by atoms with E-state index >= 15 is 0 Å². The Morgan fingerprint density at radius 2 is 1.59 bits per heavy atom. The van der Waals surface area contributed by atoms with Crippen molar-refractivity contribution >= 4 is 32.2 Å². The predicted molar refractivity (Wildman–Crippen MR) is 154 cm³/mol. The normalized spacial score (nSPS) is 16.8. The molecule has 0 aliphatic carbocycles. The van der Waals surface area contributed by atoms with Crippen LogP contribution in [0.3, 0.4) is 0 Å². The lowest BCUT2D eigenvalue weighted by Gasteiger charge is -2.38. The number of nitrogens with zero attached hydrogens (tertiary/aromatic N) is 3. The highest BCUT2D eigenvalue weighted by Gasteiger charge is 2.43. The van der Waals surface area contributed by atoms with Crippen LogP contribution >= 0.6 is 0 Å². The molecular formula is C28H30N4O7S2. The van der Waals surface area contributed by atoms with Gasteiger partial charge in [0.05, 0.1) is 23.1 Å². The molecule has 1 amide bonds. The second-order valence-corrected chi connectivity index (χ2v) is 12.7. The molecule has 1 aliphatic rings. The first-order valence-corrected chi connectivity index (χ1v) is 15.4. The average Bonchev–Trinajstić information content (AvgIpc) is 3.00. The molecule has 11 nitrogen and oxygen atoms in total. The topological polar surface area (TPSA) is 135 Å². The summed E-state index contributed by atoms with van der Waals surface area (Å²) in [5, 5.41) is 3.99. The van der Waals surface area contributed by atoms with Crippen molar-refractivity contribution < 1.29 is 31.1 Å². The highest BCUT2D eigenvalue weighted by molar-refractivity contribution is 7.89. The van der Waals surface area contributed by atoms with Gasteiger partial charge in [-0.3, -0.25) is 4.79 Å². The molecule has 1 fully saturated rings. The van der Waals surface area contributed by atoms with Gasteiger partial charge in [0.2, 0.25) is 20.0 Å². The summed E-state index contributed by atoms with van der Waals surface area (Å²) in [6.45, 7) is 3.15. The standard InChI is InChI=1S/C28H30N4O7S2/c1-3-18-39-26-15-14-22(19-27(26)38-2)20-29-30-28(33)25-21-31(40(34,35)23-10-6-4-7-11-23)16-17-32(25)41(36,37)24-12-8-5-9-13-24/h3-15,19-20,25H,1,16-18,21H2,2H3,(H,30,33)/b29-20-/t25-/m0/s1.